The number of halogens is 3. The first-order valence-corrected chi connectivity index (χ1v) is 5.60. The molecule has 0 spiro atoms. The number of hydrogen-bond acceptors (Lipinski definition) is 2. The molecule has 98 valence electrons. The Morgan fingerprint density at radius 1 is 1.28 bits per heavy atom. The van der Waals surface area contributed by atoms with Crippen LogP contribution in [0.25, 0.3) is 0 Å². The van der Waals surface area contributed by atoms with Crippen LogP contribution in [0.3, 0.4) is 0 Å². The molecule has 1 aromatic rings. The molecule has 0 atom stereocenters. The van der Waals surface area contributed by atoms with Gasteiger partial charge in [-0.15, -0.1) is 0 Å². The molecule has 0 heterocycles. The fourth-order valence-corrected chi connectivity index (χ4v) is 1.75. The zero-order valence-electron chi connectivity index (χ0n) is 10.0. The third kappa shape index (κ3) is 4.28. The van der Waals surface area contributed by atoms with Crippen LogP contribution >= 0.6 is 0 Å². The van der Waals surface area contributed by atoms with Gasteiger partial charge >= 0.3 is 6.18 Å². The van der Waals surface area contributed by atoms with Crippen molar-refractivity contribution in [3.05, 3.63) is 29.3 Å². The van der Waals surface area contributed by atoms with Gasteiger partial charge in [0.1, 0.15) is 5.75 Å². The quantitative estimate of drug-likeness (QED) is 0.751. The molecule has 2 nitrogen and oxygen atoms in total. The van der Waals surface area contributed by atoms with Gasteiger partial charge < -0.3 is 4.74 Å². The summed E-state index contributed by atoms with van der Waals surface area (Å²) in [7, 11) is 1.48. The Kier molecular flexibility index (Phi) is 5.02. The van der Waals surface area contributed by atoms with E-state index in [1.54, 1.807) is 18.2 Å². The van der Waals surface area contributed by atoms with E-state index in [1.165, 1.54) is 7.11 Å². The van der Waals surface area contributed by atoms with E-state index in [0.29, 0.717) is 29.7 Å². The number of nitrogens with zero attached hydrogens (tertiary/aromatic N) is 1. The Morgan fingerprint density at radius 3 is 2.56 bits per heavy atom. The highest BCUT2D eigenvalue weighted by Crippen LogP contribution is 2.26. The van der Waals surface area contributed by atoms with Crippen LogP contribution in [0.1, 0.15) is 30.4 Å². The predicted octanol–water partition coefficient (Wildman–Crippen LogP) is 3.84. The van der Waals surface area contributed by atoms with Crippen LogP contribution in [-0.4, -0.2) is 13.3 Å². The van der Waals surface area contributed by atoms with E-state index in [1.807, 2.05) is 6.07 Å². The molecule has 1 aromatic carbocycles. The maximum absolute atomic E-state index is 12.0. The normalized spacial score (nSPS) is 11.1. The first-order chi connectivity index (χ1) is 8.48. The summed E-state index contributed by atoms with van der Waals surface area (Å²) in [5, 5.41) is 8.94. The first kappa shape index (κ1) is 14.4. The zero-order chi connectivity index (χ0) is 13.6. The molecule has 18 heavy (non-hydrogen) atoms. The van der Waals surface area contributed by atoms with Gasteiger partial charge in [0.05, 0.1) is 18.7 Å². The van der Waals surface area contributed by atoms with Crippen molar-refractivity contribution in [3.8, 4) is 11.8 Å². The fraction of sp³-hybridized carbons (Fsp3) is 0.462. The van der Waals surface area contributed by atoms with Crippen LogP contribution in [0.4, 0.5) is 13.2 Å². The lowest BCUT2D eigenvalue weighted by molar-refractivity contribution is -0.135. The largest absolute Gasteiger partial charge is 0.496 e. The Labute approximate surface area is 104 Å². The number of alkyl halides is 3. The van der Waals surface area contributed by atoms with Crippen molar-refractivity contribution in [1.29, 1.82) is 5.26 Å². The minimum Gasteiger partial charge on any atom is -0.496 e. The SMILES string of the molecule is COc1cccc(C#N)c1CCCCC(F)(F)F. The molecule has 5 heteroatoms. The predicted molar refractivity (Wildman–Crippen MR) is 61.3 cm³/mol. The average Bonchev–Trinajstić information content (AvgIpc) is 2.33. The van der Waals surface area contributed by atoms with Crippen molar-refractivity contribution in [2.75, 3.05) is 7.11 Å². The van der Waals surface area contributed by atoms with Crippen molar-refractivity contribution in [2.45, 2.75) is 31.9 Å². The van der Waals surface area contributed by atoms with Gasteiger partial charge in [-0.2, -0.15) is 18.4 Å². The van der Waals surface area contributed by atoms with Crippen molar-refractivity contribution in [3.63, 3.8) is 0 Å². The Balaban J connectivity index is 2.64. The summed E-state index contributed by atoms with van der Waals surface area (Å²) in [5.41, 5.74) is 1.14. The molecule has 0 aliphatic heterocycles. The Morgan fingerprint density at radius 2 is 2.00 bits per heavy atom. The van der Waals surface area contributed by atoms with E-state index >= 15 is 0 Å². The number of methoxy groups -OCH3 is 1. The fourth-order valence-electron chi connectivity index (χ4n) is 1.75. The van der Waals surface area contributed by atoms with Crippen molar-refractivity contribution in [2.24, 2.45) is 0 Å². The molecule has 0 fully saturated rings. The van der Waals surface area contributed by atoms with E-state index in [2.05, 4.69) is 0 Å². The molecule has 0 saturated carbocycles. The smallest absolute Gasteiger partial charge is 0.389 e. The summed E-state index contributed by atoms with van der Waals surface area (Å²) < 4.78 is 41.1. The molecule has 0 aliphatic carbocycles. The van der Waals surface area contributed by atoms with Crippen molar-refractivity contribution >= 4 is 0 Å². The number of rotatable bonds is 5. The topological polar surface area (TPSA) is 33.0 Å². The van der Waals surface area contributed by atoms with Crippen LogP contribution in [-0.2, 0) is 6.42 Å². The molecule has 0 aromatic heterocycles. The summed E-state index contributed by atoms with van der Waals surface area (Å²) in [4.78, 5) is 0. The minimum atomic E-state index is -4.11. The number of unbranched alkanes of at least 4 members (excludes halogenated alkanes) is 1. The van der Waals surface area contributed by atoms with E-state index in [9.17, 15) is 13.2 Å². The molecule has 0 bridgehead atoms. The van der Waals surface area contributed by atoms with Crippen LogP contribution in [0.2, 0.25) is 0 Å². The van der Waals surface area contributed by atoms with Gasteiger partial charge in [-0.25, -0.2) is 0 Å². The first-order valence-electron chi connectivity index (χ1n) is 5.60. The van der Waals surface area contributed by atoms with Crippen molar-refractivity contribution in [1.82, 2.24) is 0 Å². The third-order valence-corrected chi connectivity index (χ3v) is 2.61. The molecule has 0 saturated heterocycles. The molecule has 0 amide bonds. The molecular formula is C13H14F3NO. The molecule has 0 N–H and O–H groups in total. The van der Waals surface area contributed by atoms with Crippen LogP contribution < -0.4 is 4.74 Å². The van der Waals surface area contributed by atoms with Gasteiger partial charge in [0.25, 0.3) is 0 Å². The summed E-state index contributed by atoms with van der Waals surface area (Å²) in [5.74, 6) is 0.557. The summed E-state index contributed by atoms with van der Waals surface area (Å²) >= 11 is 0. The monoisotopic (exact) mass is 257 g/mol. The second kappa shape index (κ2) is 6.29. The van der Waals surface area contributed by atoms with Crippen LogP contribution in [0.15, 0.2) is 18.2 Å². The maximum Gasteiger partial charge on any atom is 0.389 e. The molecule has 0 radical (unpaired) electrons. The van der Waals surface area contributed by atoms with Gasteiger partial charge in [0.2, 0.25) is 0 Å². The summed E-state index contributed by atoms with van der Waals surface area (Å²) in [6, 6.07) is 7.07. The number of benzene rings is 1. The van der Waals surface area contributed by atoms with Crippen LogP contribution in [0, 0.1) is 11.3 Å². The van der Waals surface area contributed by atoms with E-state index < -0.39 is 12.6 Å². The second-order valence-corrected chi connectivity index (χ2v) is 3.92. The van der Waals surface area contributed by atoms with Gasteiger partial charge in [0, 0.05) is 12.0 Å². The highest BCUT2D eigenvalue weighted by atomic mass is 19.4. The number of nitriles is 1. The molecule has 0 aliphatic rings. The number of ether oxygens (including phenoxy) is 1. The zero-order valence-corrected chi connectivity index (χ0v) is 10.0. The van der Waals surface area contributed by atoms with Gasteiger partial charge in [0.15, 0.2) is 0 Å². The van der Waals surface area contributed by atoms with Gasteiger partial charge in [-0.05, 0) is 31.4 Å². The number of hydrogen-bond donors (Lipinski definition) is 0. The van der Waals surface area contributed by atoms with Crippen molar-refractivity contribution < 1.29 is 17.9 Å². The van der Waals surface area contributed by atoms with E-state index in [0.717, 1.165) is 0 Å². The lowest BCUT2D eigenvalue weighted by atomic mass is 10.0. The molecular weight excluding hydrogens is 243 g/mol. The second-order valence-electron chi connectivity index (χ2n) is 3.92. The molecule has 1 rings (SSSR count). The standard InChI is InChI=1S/C13H14F3NO/c1-18-12-7-4-5-10(9-17)11(12)6-2-3-8-13(14,15)16/h4-5,7H,2-3,6,8H2,1H3. The van der Waals surface area contributed by atoms with Gasteiger partial charge in [-0.1, -0.05) is 6.07 Å². The average molecular weight is 257 g/mol. The lowest BCUT2D eigenvalue weighted by Crippen LogP contribution is -2.06. The summed E-state index contributed by atoms with van der Waals surface area (Å²) in [6.45, 7) is 0. The Hall–Kier alpha value is -1.70. The van der Waals surface area contributed by atoms with E-state index in [-0.39, 0.29) is 6.42 Å². The maximum atomic E-state index is 12.0. The highest BCUT2D eigenvalue weighted by molar-refractivity contribution is 5.46. The minimum absolute atomic E-state index is 0.0619. The Bertz CT molecular complexity index is 435. The van der Waals surface area contributed by atoms with Crippen LogP contribution in [0.5, 0.6) is 5.75 Å². The third-order valence-electron chi connectivity index (χ3n) is 2.61. The summed E-state index contributed by atoms with van der Waals surface area (Å²) in [6.07, 6.45) is -4.03. The molecule has 0 unspecified atom stereocenters. The van der Waals surface area contributed by atoms with Gasteiger partial charge in [-0.3, -0.25) is 0 Å². The van der Waals surface area contributed by atoms with E-state index in [4.69, 9.17) is 10.00 Å². The highest BCUT2D eigenvalue weighted by Gasteiger charge is 2.25. The lowest BCUT2D eigenvalue weighted by Gasteiger charge is -2.10.